The molecule has 24 heavy (non-hydrogen) atoms. The highest BCUT2D eigenvalue weighted by molar-refractivity contribution is 6.40. The summed E-state index contributed by atoms with van der Waals surface area (Å²) in [6.07, 6.45) is 0. The predicted octanol–water partition coefficient (Wildman–Crippen LogP) is 4.44. The number of ether oxygens (including phenoxy) is 3. The first-order valence-electron chi connectivity index (χ1n) is 7.00. The Morgan fingerprint density at radius 2 is 1.71 bits per heavy atom. The van der Waals surface area contributed by atoms with E-state index in [1.165, 1.54) is 12.1 Å². The maximum atomic E-state index is 12.0. The van der Waals surface area contributed by atoms with Crippen LogP contribution in [-0.4, -0.2) is 25.7 Å². The molecule has 0 aromatic heterocycles. The molecule has 1 aliphatic rings. The Labute approximate surface area is 153 Å². The Balaban J connectivity index is 1.62. The Morgan fingerprint density at radius 1 is 1.04 bits per heavy atom. The zero-order valence-corrected chi connectivity index (χ0v) is 14.5. The van der Waals surface area contributed by atoms with Crippen molar-refractivity contribution in [3.05, 3.63) is 45.4 Å². The molecule has 8 heteroatoms. The Bertz CT molecular complexity index is 759. The molecule has 1 heterocycles. The first-order chi connectivity index (χ1) is 11.5. The number of benzene rings is 2. The summed E-state index contributed by atoms with van der Waals surface area (Å²) < 4.78 is 16.3. The highest BCUT2D eigenvalue weighted by atomic mass is 35.5. The summed E-state index contributed by atoms with van der Waals surface area (Å²) >= 11 is 17.8. The molecule has 0 fully saturated rings. The zero-order valence-electron chi connectivity index (χ0n) is 12.3. The van der Waals surface area contributed by atoms with Gasteiger partial charge in [0.2, 0.25) is 0 Å². The van der Waals surface area contributed by atoms with E-state index in [-0.39, 0.29) is 28.3 Å². The van der Waals surface area contributed by atoms with E-state index in [0.29, 0.717) is 35.4 Å². The van der Waals surface area contributed by atoms with E-state index in [1.807, 2.05) is 0 Å². The highest BCUT2D eigenvalue weighted by Gasteiger charge is 2.14. The van der Waals surface area contributed by atoms with E-state index < -0.39 is 0 Å². The van der Waals surface area contributed by atoms with Crippen LogP contribution in [0.4, 0.5) is 5.69 Å². The van der Waals surface area contributed by atoms with Crippen molar-refractivity contribution in [3.8, 4) is 17.2 Å². The van der Waals surface area contributed by atoms with E-state index >= 15 is 0 Å². The van der Waals surface area contributed by atoms with Gasteiger partial charge in [0, 0.05) is 16.8 Å². The molecule has 0 atom stereocenters. The van der Waals surface area contributed by atoms with Crippen molar-refractivity contribution in [1.82, 2.24) is 0 Å². The molecule has 1 amide bonds. The molecule has 2 aromatic rings. The lowest BCUT2D eigenvalue weighted by Gasteiger charge is -2.19. The van der Waals surface area contributed by atoms with Gasteiger partial charge in [-0.3, -0.25) is 4.79 Å². The summed E-state index contributed by atoms with van der Waals surface area (Å²) in [5.74, 6) is 1.08. The number of nitrogens with one attached hydrogen (secondary N) is 1. The third kappa shape index (κ3) is 3.98. The van der Waals surface area contributed by atoms with Crippen LogP contribution < -0.4 is 19.5 Å². The van der Waals surface area contributed by atoms with E-state index in [2.05, 4.69) is 5.32 Å². The van der Waals surface area contributed by atoms with E-state index in [4.69, 9.17) is 49.0 Å². The van der Waals surface area contributed by atoms with Crippen LogP contribution in [-0.2, 0) is 4.79 Å². The molecule has 5 nitrogen and oxygen atoms in total. The lowest BCUT2D eigenvalue weighted by molar-refractivity contribution is -0.118. The Morgan fingerprint density at radius 3 is 2.42 bits per heavy atom. The molecular formula is C16H12Cl3NO4. The Hall–Kier alpha value is -1.82. The summed E-state index contributed by atoms with van der Waals surface area (Å²) in [6, 6.07) is 8.12. The molecule has 0 spiro atoms. The molecule has 0 unspecified atom stereocenters. The van der Waals surface area contributed by atoms with Gasteiger partial charge in [-0.1, -0.05) is 34.8 Å². The third-order valence-electron chi connectivity index (χ3n) is 3.14. The molecule has 2 aromatic carbocycles. The van der Waals surface area contributed by atoms with Crippen molar-refractivity contribution < 1.29 is 19.0 Å². The number of carbonyl (C=O) groups is 1. The summed E-state index contributed by atoms with van der Waals surface area (Å²) in [5, 5.41) is 3.56. The second kappa shape index (κ2) is 7.38. The van der Waals surface area contributed by atoms with Gasteiger partial charge in [0.1, 0.15) is 13.2 Å². The number of hydrogen-bond donors (Lipinski definition) is 1. The molecule has 1 N–H and O–H groups in total. The average molecular weight is 389 g/mol. The van der Waals surface area contributed by atoms with Gasteiger partial charge < -0.3 is 19.5 Å². The molecule has 126 valence electrons. The van der Waals surface area contributed by atoms with E-state index in [0.717, 1.165) is 0 Å². The van der Waals surface area contributed by atoms with Gasteiger partial charge >= 0.3 is 0 Å². The van der Waals surface area contributed by atoms with Gasteiger partial charge in [0.25, 0.3) is 5.91 Å². The standard InChI is InChI=1S/C16H12Cl3NO4/c17-9-5-11(18)16(12(19)6-9)24-8-15(21)20-10-1-2-13-14(7-10)23-4-3-22-13/h1-2,5-7H,3-4,8H2,(H,20,21). The number of carbonyl (C=O) groups excluding carboxylic acids is 1. The number of fused-ring (bicyclic) bond motifs is 1. The number of rotatable bonds is 4. The second-order valence-corrected chi connectivity index (χ2v) is 6.14. The van der Waals surface area contributed by atoms with Crippen LogP contribution in [0, 0.1) is 0 Å². The fourth-order valence-corrected chi connectivity index (χ4v) is 3.05. The van der Waals surface area contributed by atoms with Crippen molar-refractivity contribution in [2.24, 2.45) is 0 Å². The highest BCUT2D eigenvalue weighted by Crippen LogP contribution is 2.36. The minimum absolute atomic E-state index is 0.208. The minimum atomic E-state index is -0.367. The first kappa shape index (κ1) is 17.0. The maximum absolute atomic E-state index is 12.0. The van der Waals surface area contributed by atoms with Crippen LogP contribution in [0.1, 0.15) is 0 Å². The van der Waals surface area contributed by atoms with Gasteiger partial charge in [-0.25, -0.2) is 0 Å². The topological polar surface area (TPSA) is 56.8 Å². The smallest absolute Gasteiger partial charge is 0.262 e. The fourth-order valence-electron chi connectivity index (χ4n) is 2.12. The number of hydrogen-bond acceptors (Lipinski definition) is 4. The maximum Gasteiger partial charge on any atom is 0.262 e. The van der Waals surface area contributed by atoms with Crippen molar-refractivity contribution in [3.63, 3.8) is 0 Å². The zero-order chi connectivity index (χ0) is 17.1. The van der Waals surface area contributed by atoms with Crippen LogP contribution in [0.2, 0.25) is 15.1 Å². The quantitative estimate of drug-likeness (QED) is 0.841. The van der Waals surface area contributed by atoms with Gasteiger partial charge in [-0.05, 0) is 24.3 Å². The van der Waals surface area contributed by atoms with Crippen LogP contribution in [0.5, 0.6) is 17.2 Å². The normalized spacial score (nSPS) is 12.6. The van der Waals surface area contributed by atoms with Crippen LogP contribution in [0.15, 0.2) is 30.3 Å². The number of anilines is 1. The average Bonchev–Trinajstić information content (AvgIpc) is 2.53. The molecule has 3 rings (SSSR count). The lowest BCUT2D eigenvalue weighted by atomic mass is 10.2. The van der Waals surface area contributed by atoms with Gasteiger partial charge in [0.05, 0.1) is 10.0 Å². The molecule has 0 saturated heterocycles. The summed E-state index contributed by atoms with van der Waals surface area (Å²) in [4.78, 5) is 12.0. The van der Waals surface area contributed by atoms with E-state index in [1.54, 1.807) is 18.2 Å². The lowest BCUT2D eigenvalue weighted by Crippen LogP contribution is -2.21. The summed E-state index contributed by atoms with van der Waals surface area (Å²) in [5.41, 5.74) is 0.571. The van der Waals surface area contributed by atoms with Crippen molar-refractivity contribution >= 4 is 46.4 Å². The molecule has 0 bridgehead atoms. The summed E-state index contributed by atoms with van der Waals surface area (Å²) in [6.45, 7) is 0.728. The largest absolute Gasteiger partial charge is 0.486 e. The fraction of sp³-hybridized carbons (Fsp3) is 0.188. The monoisotopic (exact) mass is 387 g/mol. The van der Waals surface area contributed by atoms with Gasteiger partial charge in [0.15, 0.2) is 23.9 Å². The van der Waals surface area contributed by atoms with Crippen LogP contribution in [0.3, 0.4) is 0 Å². The number of amides is 1. The number of halogens is 3. The molecular weight excluding hydrogens is 377 g/mol. The van der Waals surface area contributed by atoms with Crippen LogP contribution in [0.25, 0.3) is 0 Å². The third-order valence-corrected chi connectivity index (χ3v) is 3.92. The van der Waals surface area contributed by atoms with Crippen molar-refractivity contribution in [1.29, 1.82) is 0 Å². The second-order valence-electron chi connectivity index (χ2n) is 4.89. The molecule has 0 radical (unpaired) electrons. The minimum Gasteiger partial charge on any atom is -0.486 e. The summed E-state index contributed by atoms with van der Waals surface area (Å²) in [7, 11) is 0. The van der Waals surface area contributed by atoms with Crippen LogP contribution >= 0.6 is 34.8 Å². The van der Waals surface area contributed by atoms with Gasteiger partial charge in [-0.15, -0.1) is 0 Å². The molecule has 0 aliphatic carbocycles. The first-order valence-corrected chi connectivity index (χ1v) is 8.13. The SMILES string of the molecule is O=C(COc1c(Cl)cc(Cl)cc1Cl)Nc1ccc2c(c1)OCCO2. The van der Waals surface area contributed by atoms with E-state index in [9.17, 15) is 4.79 Å². The molecule has 0 saturated carbocycles. The van der Waals surface area contributed by atoms with Crippen molar-refractivity contribution in [2.75, 3.05) is 25.1 Å². The predicted molar refractivity (Wildman–Crippen MR) is 93.0 cm³/mol. The van der Waals surface area contributed by atoms with Crippen molar-refractivity contribution in [2.45, 2.75) is 0 Å². The molecule has 1 aliphatic heterocycles. The Kier molecular flexibility index (Phi) is 5.23. The van der Waals surface area contributed by atoms with Gasteiger partial charge in [-0.2, -0.15) is 0 Å².